The van der Waals surface area contributed by atoms with Crippen molar-refractivity contribution in [2.75, 3.05) is 6.61 Å². The van der Waals surface area contributed by atoms with Gasteiger partial charge in [-0.2, -0.15) is 0 Å². The van der Waals surface area contributed by atoms with Crippen molar-refractivity contribution < 1.29 is 9.53 Å². The van der Waals surface area contributed by atoms with Gasteiger partial charge in [0.2, 0.25) is 0 Å². The van der Waals surface area contributed by atoms with Crippen LogP contribution in [-0.4, -0.2) is 11.8 Å². The van der Waals surface area contributed by atoms with Crippen LogP contribution in [0.3, 0.4) is 0 Å². The Morgan fingerprint density at radius 1 is 1.40 bits per heavy atom. The molecule has 1 aromatic carbocycles. The number of carbonyl (C=O) groups excluding carboxylic acids is 1. The Kier molecular flexibility index (Phi) is 4.63. The molecule has 82 valence electrons. The first-order chi connectivity index (χ1) is 7.13. The highest BCUT2D eigenvalue weighted by atomic mass is 35.5. The highest BCUT2D eigenvalue weighted by Gasteiger charge is 2.03. The largest absolute Gasteiger partial charge is 0.493 e. The zero-order valence-electron chi connectivity index (χ0n) is 9.00. The molecule has 0 saturated carbocycles. The third kappa shape index (κ3) is 3.92. The van der Waals surface area contributed by atoms with E-state index in [1.807, 2.05) is 0 Å². The fourth-order valence-corrected chi connectivity index (χ4v) is 1.16. The summed E-state index contributed by atoms with van der Waals surface area (Å²) in [5, 5.41) is -0.441. The molecule has 0 N–H and O–H groups in total. The van der Waals surface area contributed by atoms with E-state index in [9.17, 15) is 4.79 Å². The molecule has 2 nitrogen and oxygen atoms in total. The molecule has 0 aliphatic heterocycles. The molecule has 15 heavy (non-hydrogen) atoms. The number of hydrogen-bond acceptors (Lipinski definition) is 2. The van der Waals surface area contributed by atoms with Crippen molar-refractivity contribution in [1.82, 2.24) is 0 Å². The molecule has 0 aliphatic rings. The summed E-state index contributed by atoms with van der Waals surface area (Å²) in [5.41, 5.74) is 0.493. The first-order valence-corrected chi connectivity index (χ1v) is 5.44. The van der Waals surface area contributed by atoms with Crippen molar-refractivity contribution in [3.05, 3.63) is 29.8 Å². The summed E-state index contributed by atoms with van der Waals surface area (Å²) in [6, 6.07) is 6.86. The van der Waals surface area contributed by atoms with Crippen molar-refractivity contribution in [2.45, 2.75) is 20.3 Å². The van der Waals surface area contributed by atoms with Gasteiger partial charge in [-0.25, -0.2) is 0 Å². The van der Waals surface area contributed by atoms with Crippen LogP contribution in [0.15, 0.2) is 24.3 Å². The van der Waals surface area contributed by atoms with Crippen LogP contribution in [0, 0.1) is 5.92 Å². The fourth-order valence-electron chi connectivity index (χ4n) is 1.04. The Labute approximate surface area is 95.2 Å². The maximum Gasteiger partial charge on any atom is 0.252 e. The lowest BCUT2D eigenvalue weighted by atomic mass is 10.1. The minimum absolute atomic E-state index is 0.441. The van der Waals surface area contributed by atoms with Crippen LogP contribution in [-0.2, 0) is 0 Å². The van der Waals surface area contributed by atoms with Crippen LogP contribution in [0.25, 0.3) is 0 Å². The van der Waals surface area contributed by atoms with Gasteiger partial charge in [0.1, 0.15) is 5.75 Å². The van der Waals surface area contributed by atoms with Crippen LogP contribution in [0.1, 0.15) is 30.6 Å². The second-order valence-corrected chi connectivity index (χ2v) is 3.97. The van der Waals surface area contributed by atoms with E-state index in [-0.39, 0.29) is 0 Å². The Morgan fingerprint density at radius 3 is 2.47 bits per heavy atom. The van der Waals surface area contributed by atoms with E-state index in [1.165, 1.54) is 0 Å². The average Bonchev–Trinajstić information content (AvgIpc) is 2.26. The van der Waals surface area contributed by atoms with Crippen molar-refractivity contribution in [2.24, 2.45) is 5.92 Å². The van der Waals surface area contributed by atoms with Gasteiger partial charge in [-0.3, -0.25) is 4.79 Å². The van der Waals surface area contributed by atoms with E-state index in [2.05, 4.69) is 13.8 Å². The van der Waals surface area contributed by atoms with Gasteiger partial charge in [-0.1, -0.05) is 20.3 Å². The van der Waals surface area contributed by atoms with Crippen molar-refractivity contribution in [3.63, 3.8) is 0 Å². The normalized spacial score (nSPS) is 12.2. The molecule has 0 spiro atoms. The van der Waals surface area contributed by atoms with E-state index < -0.39 is 5.24 Å². The van der Waals surface area contributed by atoms with E-state index >= 15 is 0 Å². The van der Waals surface area contributed by atoms with Crippen LogP contribution in [0.5, 0.6) is 5.75 Å². The molecule has 0 aromatic heterocycles. The highest BCUT2D eigenvalue weighted by Crippen LogP contribution is 2.15. The Balaban J connectivity index is 2.53. The highest BCUT2D eigenvalue weighted by molar-refractivity contribution is 6.67. The van der Waals surface area contributed by atoms with Crippen molar-refractivity contribution >= 4 is 16.8 Å². The lowest BCUT2D eigenvalue weighted by Gasteiger charge is -2.10. The summed E-state index contributed by atoms with van der Waals surface area (Å²) in [4.78, 5) is 10.8. The standard InChI is InChI=1S/C12H15ClO2/c1-3-9(2)8-15-11-6-4-10(5-7-11)12(13)14/h4-7,9H,3,8H2,1-2H3/t9-/m0/s1. The minimum Gasteiger partial charge on any atom is -0.493 e. The molecular weight excluding hydrogens is 212 g/mol. The zero-order valence-corrected chi connectivity index (χ0v) is 9.75. The van der Waals surface area contributed by atoms with Gasteiger partial charge in [0.25, 0.3) is 5.24 Å². The molecule has 0 unspecified atom stereocenters. The monoisotopic (exact) mass is 226 g/mol. The third-order valence-electron chi connectivity index (χ3n) is 2.31. The van der Waals surface area contributed by atoms with Gasteiger partial charge >= 0.3 is 0 Å². The number of benzene rings is 1. The van der Waals surface area contributed by atoms with Crippen molar-refractivity contribution in [1.29, 1.82) is 0 Å². The predicted octanol–water partition coefficient (Wildman–Crippen LogP) is 3.49. The maximum atomic E-state index is 10.8. The summed E-state index contributed by atoms with van der Waals surface area (Å²) >= 11 is 5.33. The van der Waals surface area contributed by atoms with Crippen LogP contribution >= 0.6 is 11.6 Å². The Morgan fingerprint density at radius 2 is 2.00 bits per heavy atom. The number of rotatable bonds is 5. The number of hydrogen-bond donors (Lipinski definition) is 0. The molecule has 1 aromatic rings. The molecule has 0 heterocycles. The summed E-state index contributed by atoms with van der Waals surface area (Å²) in [6.07, 6.45) is 1.10. The molecule has 0 bridgehead atoms. The zero-order chi connectivity index (χ0) is 11.3. The van der Waals surface area contributed by atoms with Gasteiger partial charge in [0.15, 0.2) is 0 Å². The molecular formula is C12H15ClO2. The predicted molar refractivity (Wildman–Crippen MR) is 61.6 cm³/mol. The Bertz CT molecular complexity index is 319. The smallest absolute Gasteiger partial charge is 0.252 e. The lowest BCUT2D eigenvalue weighted by molar-refractivity contribution is 0.108. The molecule has 0 amide bonds. The van der Waals surface area contributed by atoms with Gasteiger partial charge in [-0.05, 0) is 41.8 Å². The molecule has 0 saturated heterocycles. The van der Waals surface area contributed by atoms with Crippen LogP contribution in [0.2, 0.25) is 0 Å². The number of halogens is 1. The molecule has 0 fully saturated rings. The summed E-state index contributed by atoms with van der Waals surface area (Å²) in [6.45, 7) is 4.96. The molecule has 3 heteroatoms. The van der Waals surface area contributed by atoms with Crippen molar-refractivity contribution in [3.8, 4) is 5.75 Å². The molecule has 0 radical (unpaired) electrons. The summed E-state index contributed by atoms with van der Waals surface area (Å²) in [5.74, 6) is 1.32. The van der Waals surface area contributed by atoms with Gasteiger partial charge in [0.05, 0.1) is 6.61 Å². The quantitative estimate of drug-likeness (QED) is 0.719. The number of ether oxygens (including phenoxy) is 1. The maximum absolute atomic E-state index is 10.8. The molecule has 1 atom stereocenters. The van der Waals surface area contributed by atoms with Gasteiger partial charge < -0.3 is 4.74 Å². The molecule has 0 aliphatic carbocycles. The minimum atomic E-state index is -0.441. The van der Waals surface area contributed by atoms with E-state index in [0.29, 0.717) is 18.1 Å². The first kappa shape index (κ1) is 12.1. The van der Waals surface area contributed by atoms with E-state index in [1.54, 1.807) is 24.3 Å². The first-order valence-electron chi connectivity index (χ1n) is 5.06. The topological polar surface area (TPSA) is 26.3 Å². The Hall–Kier alpha value is -1.02. The summed E-state index contributed by atoms with van der Waals surface area (Å²) < 4.78 is 5.54. The average molecular weight is 227 g/mol. The second kappa shape index (κ2) is 5.76. The van der Waals surface area contributed by atoms with E-state index in [0.717, 1.165) is 12.2 Å². The number of carbonyl (C=O) groups is 1. The van der Waals surface area contributed by atoms with E-state index in [4.69, 9.17) is 16.3 Å². The second-order valence-electron chi connectivity index (χ2n) is 3.62. The van der Waals surface area contributed by atoms with Gasteiger partial charge in [0, 0.05) is 5.56 Å². The lowest BCUT2D eigenvalue weighted by Crippen LogP contribution is -2.07. The van der Waals surface area contributed by atoms with Crippen LogP contribution in [0.4, 0.5) is 0 Å². The third-order valence-corrected chi connectivity index (χ3v) is 2.53. The summed E-state index contributed by atoms with van der Waals surface area (Å²) in [7, 11) is 0. The van der Waals surface area contributed by atoms with Crippen LogP contribution < -0.4 is 4.74 Å². The van der Waals surface area contributed by atoms with Gasteiger partial charge in [-0.15, -0.1) is 0 Å². The SMILES string of the molecule is CC[C@H](C)COc1ccc(C(=O)Cl)cc1. The fraction of sp³-hybridized carbons (Fsp3) is 0.417. The molecule has 1 rings (SSSR count).